The Labute approximate surface area is 98.2 Å². The Bertz CT molecular complexity index is 314. The molecule has 1 saturated heterocycles. The minimum absolute atomic E-state index is 0.690. The van der Waals surface area contributed by atoms with Gasteiger partial charge in [0.2, 0.25) is 0 Å². The largest absolute Gasteiger partial charge is 0.381 e. The van der Waals surface area contributed by atoms with E-state index in [1.54, 1.807) is 0 Å². The van der Waals surface area contributed by atoms with Gasteiger partial charge in [-0.3, -0.25) is 4.90 Å². The number of rotatable bonds is 3. The first-order chi connectivity index (χ1) is 7.75. The van der Waals surface area contributed by atoms with Crippen molar-refractivity contribution in [1.82, 2.24) is 4.90 Å². The lowest BCUT2D eigenvalue weighted by molar-refractivity contribution is 0.0407. The SMILES string of the molecule is Cc1ccc(CN(C)C2CCOCC2)cc1. The summed E-state index contributed by atoms with van der Waals surface area (Å²) in [5.74, 6) is 0. The van der Waals surface area contributed by atoms with E-state index in [1.165, 1.54) is 24.0 Å². The normalized spacial score (nSPS) is 17.9. The third-order valence-electron chi connectivity index (χ3n) is 3.37. The van der Waals surface area contributed by atoms with E-state index in [2.05, 4.69) is 43.1 Å². The van der Waals surface area contributed by atoms with Crippen LogP contribution in [0.25, 0.3) is 0 Å². The first kappa shape index (κ1) is 11.6. The molecule has 1 aliphatic rings. The van der Waals surface area contributed by atoms with Gasteiger partial charge in [-0.2, -0.15) is 0 Å². The monoisotopic (exact) mass is 219 g/mol. The van der Waals surface area contributed by atoms with Crippen molar-refractivity contribution in [1.29, 1.82) is 0 Å². The average molecular weight is 219 g/mol. The van der Waals surface area contributed by atoms with Gasteiger partial charge in [0, 0.05) is 25.8 Å². The van der Waals surface area contributed by atoms with Gasteiger partial charge < -0.3 is 4.74 Å². The van der Waals surface area contributed by atoms with Crippen molar-refractivity contribution in [2.75, 3.05) is 20.3 Å². The van der Waals surface area contributed by atoms with Crippen molar-refractivity contribution >= 4 is 0 Å². The number of hydrogen-bond acceptors (Lipinski definition) is 2. The van der Waals surface area contributed by atoms with E-state index in [9.17, 15) is 0 Å². The Morgan fingerprint density at radius 1 is 1.19 bits per heavy atom. The van der Waals surface area contributed by atoms with Crippen LogP contribution in [0.2, 0.25) is 0 Å². The molecule has 88 valence electrons. The summed E-state index contributed by atoms with van der Waals surface area (Å²) < 4.78 is 5.39. The van der Waals surface area contributed by atoms with Crippen molar-refractivity contribution in [2.45, 2.75) is 32.4 Å². The summed E-state index contributed by atoms with van der Waals surface area (Å²) in [6.07, 6.45) is 2.34. The molecular formula is C14H21NO. The van der Waals surface area contributed by atoms with Crippen LogP contribution in [0.5, 0.6) is 0 Å². The van der Waals surface area contributed by atoms with Gasteiger partial charge in [-0.05, 0) is 32.4 Å². The van der Waals surface area contributed by atoms with Crippen LogP contribution in [0.15, 0.2) is 24.3 Å². The van der Waals surface area contributed by atoms with Crippen LogP contribution < -0.4 is 0 Å². The minimum Gasteiger partial charge on any atom is -0.381 e. The second-order valence-corrected chi connectivity index (χ2v) is 4.74. The maximum Gasteiger partial charge on any atom is 0.0480 e. The summed E-state index contributed by atoms with van der Waals surface area (Å²) in [6, 6.07) is 9.52. The third-order valence-corrected chi connectivity index (χ3v) is 3.37. The summed E-state index contributed by atoms with van der Waals surface area (Å²) in [7, 11) is 2.22. The van der Waals surface area contributed by atoms with Gasteiger partial charge in [-0.1, -0.05) is 29.8 Å². The van der Waals surface area contributed by atoms with Crippen LogP contribution in [0.1, 0.15) is 24.0 Å². The molecule has 0 N–H and O–H groups in total. The topological polar surface area (TPSA) is 12.5 Å². The zero-order valence-electron chi connectivity index (χ0n) is 10.3. The predicted molar refractivity (Wildman–Crippen MR) is 66.5 cm³/mol. The lowest BCUT2D eigenvalue weighted by Crippen LogP contribution is -2.36. The van der Waals surface area contributed by atoms with Crippen LogP contribution in [0, 0.1) is 6.92 Å². The number of hydrogen-bond donors (Lipinski definition) is 0. The molecule has 1 fully saturated rings. The van der Waals surface area contributed by atoms with Gasteiger partial charge in [0.05, 0.1) is 0 Å². The van der Waals surface area contributed by atoms with E-state index in [-0.39, 0.29) is 0 Å². The minimum atomic E-state index is 0.690. The third kappa shape index (κ3) is 3.06. The number of benzene rings is 1. The molecule has 2 rings (SSSR count). The lowest BCUT2D eigenvalue weighted by Gasteiger charge is -2.31. The summed E-state index contributed by atoms with van der Waals surface area (Å²) in [5.41, 5.74) is 2.73. The number of nitrogens with zero attached hydrogens (tertiary/aromatic N) is 1. The molecule has 0 aliphatic carbocycles. The average Bonchev–Trinajstić information content (AvgIpc) is 2.33. The molecule has 0 radical (unpaired) electrons. The standard InChI is InChI=1S/C14H21NO/c1-12-3-5-13(6-4-12)11-15(2)14-7-9-16-10-8-14/h3-6,14H,7-11H2,1-2H3. The van der Waals surface area contributed by atoms with Gasteiger partial charge in [0.15, 0.2) is 0 Å². The van der Waals surface area contributed by atoms with Crippen molar-refractivity contribution < 1.29 is 4.74 Å². The van der Waals surface area contributed by atoms with Gasteiger partial charge in [-0.15, -0.1) is 0 Å². The Hall–Kier alpha value is -0.860. The van der Waals surface area contributed by atoms with Gasteiger partial charge in [0.1, 0.15) is 0 Å². The lowest BCUT2D eigenvalue weighted by atomic mass is 10.1. The highest BCUT2D eigenvalue weighted by Gasteiger charge is 2.18. The van der Waals surface area contributed by atoms with Crippen molar-refractivity contribution in [2.24, 2.45) is 0 Å². The first-order valence-electron chi connectivity index (χ1n) is 6.09. The van der Waals surface area contributed by atoms with Crippen LogP contribution >= 0.6 is 0 Å². The first-order valence-corrected chi connectivity index (χ1v) is 6.09. The number of aryl methyl sites for hydroxylation is 1. The maximum absolute atomic E-state index is 5.39. The highest BCUT2D eigenvalue weighted by atomic mass is 16.5. The van der Waals surface area contributed by atoms with E-state index in [4.69, 9.17) is 4.74 Å². The van der Waals surface area contributed by atoms with Gasteiger partial charge in [0.25, 0.3) is 0 Å². The summed E-state index contributed by atoms with van der Waals surface area (Å²) in [5, 5.41) is 0. The van der Waals surface area contributed by atoms with Crippen LogP contribution in [0.4, 0.5) is 0 Å². The molecule has 16 heavy (non-hydrogen) atoms. The second kappa shape index (κ2) is 5.46. The Balaban J connectivity index is 1.90. The van der Waals surface area contributed by atoms with E-state index in [0.29, 0.717) is 6.04 Å². The van der Waals surface area contributed by atoms with Gasteiger partial charge >= 0.3 is 0 Å². The van der Waals surface area contributed by atoms with E-state index >= 15 is 0 Å². The fourth-order valence-electron chi connectivity index (χ4n) is 2.24. The molecule has 2 nitrogen and oxygen atoms in total. The molecule has 0 amide bonds. The summed E-state index contributed by atoms with van der Waals surface area (Å²) in [6.45, 7) is 5.02. The quantitative estimate of drug-likeness (QED) is 0.775. The Kier molecular flexibility index (Phi) is 3.97. The molecule has 0 saturated carbocycles. The molecule has 2 heteroatoms. The van der Waals surface area contributed by atoms with E-state index in [1.807, 2.05) is 0 Å². The molecule has 1 aromatic carbocycles. The molecule has 0 spiro atoms. The maximum atomic E-state index is 5.39. The zero-order chi connectivity index (χ0) is 11.4. The van der Waals surface area contributed by atoms with Crippen LogP contribution in [-0.4, -0.2) is 31.2 Å². The van der Waals surface area contributed by atoms with Crippen LogP contribution in [0.3, 0.4) is 0 Å². The molecule has 1 aromatic rings. The molecule has 1 heterocycles. The number of ether oxygens (including phenoxy) is 1. The van der Waals surface area contributed by atoms with Crippen molar-refractivity contribution in [3.05, 3.63) is 35.4 Å². The van der Waals surface area contributed by atoms with Crippen molar-refractivity contribution in [3.63, 3.8) is 0 Å². The molecule has 0 aromatic heterocycles. The zero-order valence-corrected chi connectivity index (χ0v) is 10.3. The fraction of sp³-hybridized carbons (Fsp3) is 0.571. The predicted octanol–water partition coefficient (Wildman–Crippen LogP) is 2.61. The molecule has 0 bridgehead atoms. The van der Waals surface area contributed by atoms with Gasteiger partial charge in [-0.25, -0.2) is 0 Å². The Morgan fingerprint density at radius 3 is 2.44 bits per heavy atom. The van der Waals surface area contributed by atoms with Crippen LogP contribution in [-0.2, 0) is 11.3 Å². The molecule has 0 atom stereocenters. The highest BCUT2D eigenvalue weighted by molar-refractivity contribution is 5.21. The highest BCUT2D eigenvalue weighted by Crippen LogP contribution is 2.15. The summed E-state index contributed by atoms with van der Waals surface area (Å²) in [4.78, 5) is 2.45. The second-order valence-electron chi connectivity index (χ2n) is 4.74. The van der Waals surface area contributed by atoms with Crippen molar-refractivity contribution in [3.8, 4) is 0 Å². The van der Waals surface area contributed by atoms with E-state index in [0.717, 1.165) is 19.8 Å². The summed E-state index contributed by atoms with van der Waals surface area (Å²) >= 11 is 0. The molecule has 1 aliphatic heterocycles. The Morgan fingerprint density at radius 2 is 1.81 bits per heavy atom. The molecule has 0 unspecified atom stereocenters. The fourth-order valence-corrected chi connectivity index (χ4v) is 2.24. The molecular weight excluding hydrogens is 198 g/mol. The smallest absolute Gasteiger partial charge is 0.0480 e. The van der Waals surface area contributed by atoms with E-state index < -0.39 is 0 Å².